The van der Waals surface area contributed by atoms with Crippen molar-refractivity contribution in [1.29, 1.82) is 0 Å². The normalized spacial score (nSPS) is 15.4. The molecule has 0 unspecified atom stereocenters. The molecule has 2 aromatic heterocycles. The number of fused-ring (bicyclic) bond motifs is 1. The lowest BCUT2D eigenvalue weighted by atomic mass is 10.1. The van der Waals surface area contributed by atoms with Crippen molar-refractivity contribution in [3.63, 3.8) is 0 Å². The fraction of sp³-hybridized carbons (Fsp3) is 0. The Morgan fingerprint density at radius 2 is 1.96 bits per heavy atom. The highest BCUT2D eigenvalue weighted by molar-refractivity contribution is 8.18. The topological polar surface area (TPSA) is 102 Å². The minimum Gasteiger partial charge on any atom is -0.397 e. The number of nitrogens with one attached hydrogen (secondary N) is 1. The first-order chi connectivity index (χ1) is 13.3. The van der Waals surface area contributed by atoms with Crippen molar-refractivity contribution in [2.24, 2.45) is 0 Å². The zero-order valence-electron chi connectivity index (χ0n) is 13.8. The molecule has 1 aliphatic heterocycles. The maximum absolute atomic E-state index is 12.9. The van der Waals surface area contributed by atoms with Gasteiger partial charge in [0.1, 0.15) is 9.71 Å². The summed E-state index contributed by atoms with van der Waals surface area (Å²) in [5.74, 6) is -0.783. The van der Waals surface area contributed by atoms with Crippen molar-refractivity contribution in [2.45, 2.75) is 0 Å². The van der Waals surface area contributed by atoms with E-state index in [1.807, 2.05) is 0 Å². The van der Waals surface area contributed by atoms with Gasteiger partial charge in [0.05, 0.1) is 21.3 Å². The van der Waals surface area contributed by atoms with Crippen LogP contribution in [0.5, 0.6) is 0 Å². The summed E-state index contributed by atoms with van der Waals surface area (Å²) in [4.78, 5) is 41.4. The molecule has 0 atom stereocenters. The van der Waals surface area contributed by atoms with E-state index in [1.165, 1.54) is 12.1 Å². The Balaban J connectivity index is 1.74. The first kappa shape index (κ1) is 18.9. The van der Waals surface area contributed by atoms with Crippen molar-refractivity contribution in [1.82, 2.24) is 10.3 Å². The summed E-state index contributed by atoms with van der Waals surface area (Å²) >= 11 is 14.0. The van der Waals surface area contributed by atoms with E-state index in [0.717, 1.165) is 23.1 Å². The lowest BCUT2D eigenvalue weighted by Gasteiger charge is -2.03. The SMILES string of the molecule is Nc1c(C(=O)c2ccc(Cl)cc2Cl)sc2nc(C=C3SC(=O)NC3=O)ccc12. The summed E-state index contributed by atoms with van der Waals surface area (Å²) in [5, 5.41) is 3.05. The molecule has 10 heteroatoms. The molecule has 4 rings (SSSR count). The molecule has 0 spiro atoms. The standard InChI is InChI=1S/C18H9Cl2N3O3S2/c19-7-1-3-9(11(20)5-7)14(24)15-13(21)10-4-2-8(22-17(10)28-15)6-12-16(25)23-18(26)27-12/h1-6H,21H2,(H,23,25,26). The van der Waals surface area contributed by atoms with Crippen LogP contribution in [-0.4, -0.2) is 21.9 Å². The predicted molar refractivity (Wildman–Crippen MR) is 113 cm³/mol. The number of halogens is 2. The lowest BCUT2D eigenvalue weighted by Crippen LogP contribution is -2.17. The highest BCUT2D eigenvalue weighted by Gasteiger charge is 2.25. The number of carbonyl (C=O) groups is 3. The largest absolute Gasteiger partial charge is 0.397 e. The van der Waals surface area contributed by atoms with Crippen LogP contribution in [0.15, 0.2) is 35.2 Å². The number of pyridine rings is 1. The van der Waals surface area contributed by atoms with Crippen LogP contribution >= 0.6 is 46.3 Å². The third kappa shape index (κ3) is 3.40. The number of imide groups is 1. The van der Waals surface area contributed by atoms with Crippen LogP contribution < -0.4 is 11.1 Å². The molecule has 1 aliphatic rings. The monoisotopic (exact) mass is 449 g/mol. The number of nitrogens with two attached hydrogens (primary N) is 1. The van der Waals surface area contributed by atoms with Crippen LogP contribution in [0, 0.1) is 0 Å². The van der Waals surface area contributed by atoms with Gasteiger partial charge in [-0.05, 0) is 48.2 Å². The van der Waals surface area contributed by atoms with Crippen LogP contribution in [0.3, 0.4) is 0 Å². The summed E-state index contributed by atoms with van der Waals surface area (Å²) in [6, 6.07) is 8.01. The zero-order chi connectivity index (χ0) is 20.0. The Morgan fingerprint density at radius 3 is 2.64 bits per heavy atom. The van der Waals surface area contributed by atoms with Crippen molar-refractivity contribution in [3.05, 3.63) is 61.4 Å². The molecule has 0 aliphatic carbocycles. The van der Waals surface area contributed by atoms with E-state index in [9.17, 15) is 14.4 Å². The number of thiophene rings is 1. The number of aromatic nitrogens is 1. The smallest absolute Gasteiger partial charge is 0.290 e. The quantitative estimate of drug-likeness (QED) is 0.442. The molecule has 6 nitrogen and oxygen atoms in total. The number of thioether (sulfide) groups is 1. The highest BCUT2D eigenvalue weighted by Crippen LogP contribution is 2.36. The van der Waals surface area contributed by atoms with E-state index in [1.54, 1.807) is 24.3 Å². The summed E-state index contributed by atoms with van der Waals surface area (Å²) in [7, 11) is 0. The molecule has 28 heavy (non-hydrogen) atoms. The van der Waals surface area contributed by atoms with Gasteiger partial charge in [-0.25, -0.2) is 4.98 Å². The van der Waals surface area contributed by atoms with Gasteiger partial charge in [0.2, 0.25) is 5.78 Å². The van der Waals surface area contributed by atoms with E-state index in [-0.39, 0.29) is 15.7 Å². The molecular weight excluding hydrogens is 441 g/mol. The first-order valence-electron chi connectivity index (χ1n) is 7.77. The predicted octanol–water partition coefficient (Wildman–Crippen LogP) is 4.74. The van der Waals surface area contributed by atoms with Crippen molar-refractivity contribution in [3.8, 4) is 0 Å². The molecule has 140 valence electrons. The van der Waals surface area contributed by atoms with Crippen molar-refractivity contribution in [2.75, 3.05) is 5.73 Å². The Bertz CT molecular complexity index is 1220. The first-order valence-corrected chi connectivity index (χ1v) is 10.2. The molecule has 0 saturated carbocycles. The van der Waals surface area contributed by atoms with Gasteiger partial charge in [-0.2, -0.15) is 0 Å². The second kappa shape index (κ2) is 7.21. The fourth-order valence-electron chi connectivity index (χ4n) is 2.61. The minimum atomic E-state index is -0.462. The molecule has 3 N–H and O–H groups in total. The van der Waals surface area contributed by atoms with E-state index in [0.29, 0.717) is 37.1 Å². The van der Waals surface area contributed by atoms with Gasteiger partial charge in [0.15, 0.2) is 0 Å². The molecule has 2 amide bonds. The summed E-state index contributed by atoms with van der Waals surface area (Å²) in [5.41, 5.74) is 7.25. The third-order valence-corrected chi connectivity index (χ3v) is 6.39. The van der Waals surface area contributed by atoms with Gasteiger partial charge >= 0.3 is 0 Å². The average Bonchev–Trinajstić information content (AvgIpc) is 3.13. The zero-order valence-corrected chi connectivity index (χ0v) is 16.9. The Morgan fingerprint density at radius 1 is 1.18 bits per heavy atom. The maximum Gasteiger partial charge on any atom is 0.290 e. The van der Waals surface area contributed by atoms with Gasteiger partial charge in [0, 0.05) is 16.0 Å². The summed E-state index contributed by atoms with van der Waals surface area (Å²) in [6.07, 6.45) is 1.51. The molecule has 3 aromatic rings. The van der Waals surface area contributed by atoms with Gasteiger partial charge in [-0.1, -0.05) is 23.2 Å². The number of anilines is 1. The van der Waals surface area contributed by atoms with E-state index in [2.05, 4.69) is 10.3 Å². The van der Waals surface area contributed by atoms with E-state index < -0.39 is 11.1 Å². The number of hydrogen-bond donors (Lipinski definition) is 2. The molecule has 1 fully saturated rings. The van der Waals surface area contributed by atoms with Gasteiger partial charge in [0.25, 0.3) is 11.1 Å². The average molecular weight is 450 g/mol. The van der Waals surface area contributed by atoms with Crippen LogP contribution in [0.1, 0.15) is 20.9 Å². The molecule has 0 radical (unpaired) electrons. The fourth-order valence-corrected chi connectivity index (χ4v) is 4.83. The molecular formula is C18H9Cl2N3O3S2. The maximum atomic E-state index is 12.9. The molecule has 0 bridgehead atoms. The van der Waals surface area contributed by atoms with Gasteiger partial charge in [-0.3, -0.25) is 19.7 Å². The van der Waals surface area contributed by atoms with Crippen LogP contribution in [-0.2, 0) is 4.79 Å². The Hall–Kier alpha value is -2.39. The Labute approximate surface area is 176 Å². The number of benzene rings is 1. The minimum absolute atomic E-state index is 0.238. The van der Waals surface area contributed by atoms with Crippen molar-refractivity contribution >= 4 is 85.2 Å². The number of carbonyl (C=O) groups excluding carboxylic acids is 3. The van der Waals surface area contributed by atoms with Gasteiger partial charge in [-0.15, -0.1) is 11.3 Å². The Kier molecular flexibility index (Phi) is 4.88. The molecule has 1 saturated heterocycles. The van der Waals surface area contributed by atoms with E-state index >= 15 is 0 Å². The highest BCUT2D eigenvalue weighted by atomic mass is 35.5. The lowest BCUT2D eigenvalue weighted by molar-refractivity contribution is -0.115. The third-order valence-electron chi connectivity index (χ3n) is 3.92. The second-order valence-corrected chi connectivity index (χ2v) is 8.60. The number of nitrogens with zero attached hydrogens (tertiary/aromatic N) is 1. The summed E-state index contributed by atoms with van der Waals surface area (Å²) < 4.78 is 0. The molecule has 3 heterocycles. The molecule has 1 aromatic carbocycles. The van der Waals surface area contributed by atoms with Crippen LogP contribution in [0.2, 0.25) is 10.0 Å². The van der Waals surface area contributed by atoms with Crippen LogP contribution in [0.4, 0.5) is 10.5 Å². The van der Waals surface area contributed by atoms with Crippen molar-refractivity contribution < 1.29 is 14.4 Å². The van der Waals surface area contributed by atoms with Crippen LogP contribution in [0.25, 0.3) is 16.3 Å². The summed E-state index contributed by atoms with van der Waals surface area (Å²) in [6.45, 7) is 0. The number of rotatable bonds is 3. The number of amides is 2. The van der Waals surface area contributed by atoms with Gasteiger partial charge < -0.3 is 5.73 Å². The number of ketones is 1. The second-order valence-electron chi connectivity index (χ2n) is 5.74. The number of hydrogen-bond acceptors (Lipinski definition) is 7. The number of nitrogen functional groups attached to an aromatic ring is 1. The van der Waals surface area contributed by atoms with E-state index in [4.69, 9.17) is 28.9 Å².